The zero-order valence-corrected chi connectivity index (χ0v) is 12.6. The van der Waals surface area contributed by atoms with E-state index >= 15 is 0 Å². The van der Waals surface area contributed by atoms with Crippen molar-refractivity contribution < 1.29 is 0 Å². The Kier molecular flexibility index (Phi) is 6.19. The van der Waals surface area contributed by atoms with E-state index in [0.717, 1.165) is 0 Å². The first kappa shape index (κ1) is 15.2. The summed E-state index contributed by atoms with van der Waals surface area (Å²) in [6.07, 6.45) is 6.97. The molecular formula is C11H16Cl2SSi. The Morgan fingerprint density at radius 3 is 2.47 bits per heavy atom. The SMILES string of the molecule is CC1=CC2=CC(C=[Si](C)C)SC2=C1.Cl.Cl. The first-order valence-corrected chi connectivity index (χ1v) is 8.05. The second kappa shape index (κ2) is 6.09. The summed E-state index contributed by atoms with van der Waals surface area (Å²) >= 11 is 2.00. The van der Waals surface area contributed by atoms with E-state index in [4.69, 9.17) is 0 Å². The summed E-state index contributed by atoms with van der Waals surface area (Å²) in [6, 6.07) is 0. The standard InChI is InChI=1S/C11H14SSi.2ClH/c1-8-4-9-6-10(7-13(2)3)12-11(9)5-8;;/h4-7,10H,1-3H3;2*1H. The lowest BCUT2D eigenvalue weighted by Crippen LogP contribution is -2.04. The topological polar surface area (TPSA) is 0 Å². The molecule has 1 aliphatic carbocycles. The van der Waals surface area contributed by atoms with Crippen molar-refractivity contribution in [1.29, 1.82) is 0 Å². The fraction of sp³-hybridized carbons (Fsp3) is 0.364. The van der Waals surface area contributed by atoms with Gasteiger partial charge in [-0.25, -0.2) is 0 Å². The highest BCUT2D eigenvalue weighted by Crippen LogP contribution is 2.41. The molecule has 15 heavy (non-hydrogen) atoms. The van der Waals surface area contributed by atoms with Crippen LogP contribution in [0.25, 0.3) is 0 Å². The van der Waals surface area contributed by atoms with Crippen molar-refractivity contribution in [2.75, 3.05) is 0 Å². The van der Waals surface area contributed by atoms with Crippen LogP contribution < -0.4 is 0 Å². The van der Waals surface area contributed by atoms with Crippen LogP contribution in [0, 0.1) is 0 Å². The van der Waals surface area contributed by atoms with Crippen molar-refractivity contribution in [2.24, 2.45) is 0 Å². The lowest BCUT2D eigenvalue weighted by molar-refractivity contribution is 1.53. The fourth-order valence-electron chi connectivity index (χ4n) is 1.65. The predicted molar refractivity (Wildman–Crippen MR) is 79.3 cm³/mol. The van der Waals surface area contributed by atoms with Gasteiger partial charge in [-0.15, -0.1) is 36.6 Å². The maximum atomic E-state index is 2.50. The molecule has 0 aromatic heterocycles. The molecule has 0 spiro atoms. The second-order valence-electron chi connectivity index (χ2n) is 3.85. The van der Waals surface area contributed by atoms with Crippen LogP contribution in [0.1, 0.15) is 6.92 Å². The normalized spacial score (nSPS) is 21.5. The number of fused-ring (bicyclic) bond motifs is 1. The highest BCUT2D eigenvalue weighted by molar-refractivity contribution is 8.05. The maximum Gasteiger partial charge on any atom is 0.0425 e. The summed E-state index contributed by atoms with van der Waals surface area (Å²) in [5, 5.41) is 0.648. The highest BCUT2D eigenvalue weighted by atomic mass is 35.5. The van der Waals surface area contributed by atoms with Gasteiger partial charge in [-0.05, 0) is 24.1 Å². The van der Waals surface area contributed by atoms with E-state index in [1.807, 2.05) is 11.8 Å². The zero-order valence-electron chi connectivity index (χ0n) is 9.11. The van der Waals surface area contributed by atoms with E-state index in [2.05, 4.69) is 43.9 Å². The van der Waals surface area contributed by atoms with E-state index < -0.39 is 0 Å². The Morgan fingerprint density at radius 2 is 1.93 bits per heavy atom. The highest BCUT2D eigenvalue weighted by Gasteiger charge is 2.21. The molecule has 4 heteroatoms. The van der Waals surface area contributed by atoms with Gasteiger partial charge in [-0.2, -0.15) is 0 Å². The molecule has 0 radical (unpaired) electrons. The van der Waals surface area contributed by atoms with Crippen molar-refractivity contribution in [2.45, 2.75) is 25.3 Å². The molecule has 0 saturated carbocycles. The predicted octanol–water partition coefficient (Wildman–Crippen LogP) is 3.85. The van der Waals surface area contributed by atoms with Crippen LogP contribution in [0.3, 0.4) is 0 Å². The fourth-order valence-corrected chi connectivity index (χ4v) is 4.52. The average molecular weight is 279 g/mol. The molecule has 0 aromatic carbocycles. The number of hydrogen-bond acceptors (Lipinski definition) is 1. The van der Waals surface area contributed by atoms with E-state index in [0.29, 0.717) is 5.25 Å². The molecule has 1 heterocycles. The lowest BCUT2D eigenvalue weighted by Gasteiger charge is -2.00. The molecule has 2 rings (SSSR count). The number of allylic oxidation sites excluding steroid dienone is 4. The van der Waals surface area contributed by atoms with Gasteiger partial charge in [-0.3, -0.25) is 0 Å². The number of halogens is 2. The minimum absolute atomic E-state index is 0. The minimum atomic E-state index is -0.200. The van der Waals surface area contributed by atoms with Gasteiger partial charge in [0, 0.05) is 18.6 Å². The van der Waals surface area contributed by atoms with Gasteiger partial charge in [0.15, 0.2) is 0 Å². The third-order valence-electron chi connectivity index (χ3n) is 2.13. The molecule has 1 atom stereocenters. The summed E-state index contributed by atoms with van der Waals surface area (Å²) in [7, 11) is -0.200. The average Bonchev–Trinajstić information content (AvgIpc) is 2.41. The van der Waals surface area contributed by atoms with E-state index in [-0.39, 0.29) is 33.2 Å². The second-order valence-corrected chi connectivity index (χ2v) is 7.55. The number of thioether (sulfide) groups is 1. The summed E-state index contributed by atoms with van der Waals surface area (Å²) in [6.45, 7) is 6.85. The van der Waals surface area contributed by atoms with Gasteiger partial charge < -0.3 is 0 Å². The van der Waals surface area contributed by atoms with Gasteiger partial charge in [0.25, 0.3) is 0 Å². The number of hydrogen-bond donors (Lipinski definition) is 0. The molecular weight excluding hydrogens is 263 g/mol. The molecule has 1 unspecified atom stereocenters. The van der Waals surface area contributed by atoms with Crippen LogP contribution in [0.15, 0.2) is 34.3 Å². The first-order valence-electron chi connectivity index (χ1n) is 4.59. The molecule has 0 nitrogen and oxygen atoms in total. The molecule has 0 fully saturated rings. The molecule has 0 bridgehead atoms. The van der Waals surface area contributed by atoms with Crippen LogP contribution in [0.4, 0.5) is 0 Å². The van der Waals surface area contributed by atoms with Gasteiger partial charge in [-0.1, -0.05) is 30.9 Å². The van der Waals surface area contributed by atoms with Crippen molar-refractivity contribution >= 4 is 50.7 Å². The molecule has 84 valence electrons. The molecule has 1 aliphatic heterocycles. The van der Waals surface area contributed by atoms with Crippen molar-refractivity contribution in [3.05, 3.63) is 34.3 Å². The Labute approximate surface area is 110 Å². The van der Waals surface area contributed by atoms with Crippen LogP contribution in [0.2, 0.25) is 13.1 Å². The Bertz CT molecular complexity index is 363. The van der Waals surface area contributed by atoms with Crippen LogP contribution >= 0.6 is 36.6 Å². The van der Waals surface area contributed by atoms with Gasteiger partial charge >= 0.3 is 0 Å². The monoisotopic (exact) mass is 278 g/mol. The minimum Gasteiger partial charge on any atom is -0.147 e. The van der Waals surface area contributed by atoms with Crippen LogP contribution in [-0.2, 0) is 0 Å². The molecule has 2 aliphatic rings. The maximum absolute atomic E-state index is 2.50. The third-order valence-corrected chi connectivity index (χ3v) is 4.55. The molecule has 0 aromatic rings. The van der Waals surface area contributed by atoms with Gasteiger partial charge in [0.1, 0.15) is 0 Å². The Morgan fingerprint density at radius 1 is 1.27 bits per heavy atom. The van der Waals surface area contributed by atoms with Crippen molar-refractivity contribution in [3.63, 3.8) is 0 Å². The Balaban J connectivity index is 0.000000980. The largest absolute Gasteiger partial charge is 0.147 e. The van der Waals surface area contributed by atoms with E-state index in [1.165, 1.54) is 16.1 Å². The first-order chi connectivity index (χ1) is 6.15. The Hall–Kier alpha value is 0.237. The molecule has 0 saturated heterocycles. The number of rotatable bonds is 1. The van der Waals surface area contributed by atoms with E-state index in [9.17, 15) is 0 Å². The lowest BCUT2D eigenvalue weighted by atomic mass is 10.2. The summed E-state index contributed by atoms with van der Waals surface area (Å²) < 4.78 is 0. The molecule has 0 N–H and O–H groups in total. The van der Waals surface area contributed by atoms with Crippen molar-refractivity contribution in [1.82, 2.24) is 0 Å². The van der Waals surface area contributed by atoms with Crippen molar-refractivity contribution in [3.8, 4) is 0 Å². The van der Waals surface area contributed by atoms with Gasteiger partial charge in [0.2, 0.25) is 0 Å². The third kappa shape index (κ3) is 3.63. The van der Waals surface area contributed by atoms with Gasteiger partial charge in [0.05, 0.1) is 0 Å². The quantitative estimate of drug-likeness (QED) is 0.657. The zero-order chi connectivity index (χ0) is 9.42. The summed E-state index contributed by atoms with van der Waals surface area (Å²) in [4.78, 5) is 1.47. The smallest absolute Gasteiger partial charge is 0.0425 e. The summed E-state index contributed by atoms with van der Waals surface area (Å²) in [5.41, 5.74) is 5.35. The summed E-state index contributed by atoms with van der Waals surface area (Å²) in [5.74, 6) is 0. The van der Waals surface area contributed by atoms with E-state index in [1.54, 1.807) is 0 Å². The van der Waals surface area contributed by atoms with Crippen LogP contribution in [-0.4, -0.2) is 19.3 Å². The molecule has 0 amide bonds. The van der Waals surface area contributed by atoms with Crippen LogP contribution in [0.5, 0.6) is 0 Å².